The average Bonchev–Trinajstić information content (AvgIpc) is 2.07. The zero-order valence-electron chi connectivity index (χ0n) is 9.80. The van der Waals surface area contributed by atoms with Gasteiger partial charge in [0.1, 0.15) is 5.78 Å². The second-order valence-corrected chi connectivity index (χ2v) is 4.78. The van der Waals surface area contributed by atoms with E-state index in [1.165, 1.54) is 0 Å². The number of hydroxylamine groups is 2. The molecule has 0 bridgehead atoms. The molecule has 0 aromatic heterocycles. The number of rotatable bonds is 1. The van der Waals surface area contributed by atoms with Gasteiger partial charge >= 0.3 is 12.1 Å². The Morgan fingerprint density at radius 3 is 2.41 bits per heavy atom. The summed E-state index contributed by atoms with van der Waals surface area (Å²) in [4.78, 5) is 26.5. The molecule has 98 valence electrons. The third kappa shape index (κ3) is 3.18. The molecule has 1 atom stereocenters. The molecule has 1 aliphatic heterocycles. The lowest BCUT2D eigenvalue weighted by molar-refractivity contribution is -0.270. The Kier molecular flexibility index (Phi) is 3.52. The van der Waals surface area contributed by atoms with Gasteiger partial charge in [0.2, 0.25) is 0 Å². The molecule has 4 nitrogen and oxygen atoms in total. The van der Waals surface area contributed by atoms with Crippen LogP contribution in [0.5, 0.6) is 0 Å². The Hall–Kier alpha value is -1.11. The van der Waals surface area contributed by atoms with Gasteiger partial charge in [-0.05, 0) is 20.8 Å². The van der Waals surface area contributed by atoms with Gasteiger partial charge in [-0.2, -0.15) is 13.2 Å². The van der Waals surface area contributed by atoms with Crippen LogP contribution in [0.2, 0.25) is 0 Å². The number of halogens is 3. The number of hydrogen-bond donors (Lipinski definition) is 0. The van der Waals surface area contributed by atoms with E-state index < -0.39 is 23.7 Å². The van der Waals surface area contributed by atoms with Gasteiger partial charge in [0.15, 0.2) is 0 Å². The van der Waals surface area contributed by atoms with Crippen LogP contribution in [0.25, 0.3) is 0 Å². The van der Waals surface area contributed by atoms with Crippen molar-refractivity contribution in [3.63, 3.8) is 0 Å². The van der Waals surface area contributed by atoms with Crippen molar-refractivity contribution in [2.24, 2.45) is 0 Å². The van der Waals surface area contributed by atoms with E-state index >= 15 is 0 Å². The van der Waals surface area contributed by atoms with Crippen molar-refractivity contribution >= 4 is 11.8 Å². The van der Waals surface area contributed by atoms with Crippen molar-refractivity contribution in [3.8, 4) is 0 Å². The average molecular weight is 253 g/mol. The summed E-state index contributed by atoms with van der Waals surface area (Å²) in [6, 6.07) is -0.558. The summed E-state index contributed by atoms with van der Waals surface area (Å²) in [7, 11) is 0. The van der Waals surface area contributed by atoms with Gasteiger partial charge in [0.25, 0.3) is 0 Å². The Bertz CT molecular complexity index is 338. The summed E-state index contributed by atoms with van der Waals surface area (Å²) >= 11 is 0. The molecule has 1 aliphatic rings. The summed E-state index contributed by atoms with van der Waals surface area (Å²) < 4.78 is 36.3. The van der Waals surface area contributed by atoms with Gasteiger partial charge in [0.05, 0.1) is 11.6 Å². The van der Waals surface area contributed by atoms with Gasteiger partial charge in [-0.25, -0.2) is 4.79 Å². The van der Waals surface area contributed by atoms with Crippen LogP contribution in [0, 0.1) is 0 Å². The topological polar surface area (TPSA) is 46.6 Å². The predicted molar refractivity (Wildman–Crippen MR) is 51.8 cm³/mol. The Morgan fingerprint density at radius 1 is 1.47 bits per heavy atom. The fourth-order valence-electron chi connectivity index (χ4n) is 2.00. The second kappa shape index (κ2) is 4.29. The van der Waals surface area contributed by atoms with Crippen LogP contribution < -0.4 is 0 Å². The minimum Gasteiger partial charge on any atom is -0.360 e. The maximum absolute atomic E-state index is 12.1. The molecule has 0 radical (unpaired) electrons. The first-order valence-electron chi connectivity index (χ1n) is 5.14. The molecule has 0 aromatic rings. The number of carbonyl (C=O) groups excluding carboxylic acids is 2. The molecule has 7 heteroatoms. The quantitative estimate of drug-likeness (QED) is 0.715. The minimum atomic E-state index is -5.03. The lowest BCUT2D eigenvalue weighted by Gasteiger charge is -2.43. The predicted octanol–water partition coefficient (Wildman–Crippen LogP) is 1.84. The zero-order valence-corrected chi connectivity index (χ0v) is 9.80. The molecule has 1 rings (SSSR count). The van der Waals surface area contributed by atoms with Crippen molar-refractivity contribution < 1.29 is 27.6 Å². The van der Waals surface area contributed by atoms with Crippen molar-refractivity contribution in [2.75, 3.05) is 0 Å². The van der Waals surface area contributed by atoms with Gasteiger partial charge in [-0.1, -0.05) is 0 Å². The minimum absolute atomic E-state index is 0.0539. The molecule has 0 aromatic carbocycles. The van der Waals surface area contributed by atoms with E-state index in [0.29, 0.717) is 0 Å². The highest BCUT2D eigenvalue weighted by molar-refractivity contribution is 5.81. The molecule has 1 unspecified atom stereocenters. The van der Waals surface area contributed by atoms with E-state index in [0.717, 1.165) is 5.06 Å². The van der Waals surface area contributed by atoms with E-state index in [-0.39, 0.29) is 18.6 Å². The molecule has 0 spiro atoms. The SMILES string of the molecule is CC1CC(=O)CC(C)(C)N1OC(=O)C(F)(F)F. The molecular weight excluding hydrogens is 239 g/mol. The molecule has 0 saturated carbocycles. The molecular formula is C10H14F3NO3. The monoisotopic (exact) mass is 253 g/mol. The van der Waals surface area contributed by atoms with Gasteiger partial charge < -0.3 is 4.84 Å². The fourth-order valence-corrected chi connectivity index (χ4v) is 2.00. The molecule has 1 saturated heterocycles. The number of piperidine rings is 1. The number of hydrogen-bond acceptors (Lipinski definition) is 4. The van der Waals surface area contributed by atoms with Crippen LogP contribution in [0.1, 0.15) is 33.6 Å². The van der Waals surface area contributed by atoms with Crippen molar-refractivity contribution in [2.45, 2.75) is 51.4 Å². The van der Waals surface area contributed by atoms with Gasteiger partial charge in [-0.3, -0.25) is 4.79 Å². The zero-order chi connectivity index (χ0) is 13.4. The normalized spacial score (nSPS) is 25.8. The standard InChI is InChI=1S/C10H14F3NO3/c1-6-4-7(15)5-9(2,3)14(6)17-8(16)10(11,12)13/h6H,4-5H2,1-3H3. The first kappa shape index (κ1) is 14.0. The van der Waals surface area contributed by atoms with Gasteiger partial charge in [-0.15, -0.1) is 5.06 Å². The summed E-state index contributed by atoms with van der Waals surface area (Å²) in [6.07, 6.45) is -4.89. The highest BCUT2D eigenvalue weighted by Crippen LogP contribution is 2.31. The van der Waals surface area contributed by atoms with E-state index in [1.807, 2.05) is 0 Å². The first-order valence-corrected chi connectivity index (χ1v) is 5.14. The Morgan fingerprint density at radius 2 is 2.00 bits per heavy atom. The van der Waals surface area contributed by atoms with E-state index in [1.54, 1.807) is 20.8 Å². The van der Waals surface area contributed by atoms with Gasteiger partial charge in [0, 0.05) is 12.8 Å². The van der Waals surface area contributed by atoms with Crippen LogP contribution in [-0.4, -0.2) is 34.6 Å². The van der Waals surface area contributed by atoms with E-state index in [9.17, 15) is 22.8 Å². The molecule has 17 heavy (non-hydrogen) atoms. The Labute approximate surface area is 96.7 Å². The smallest absolute Gasteiger partial charge is 0.360 e. The summed E-state index contributed by atoms with van der Waals surface area (Å²) in [5, 5.41) is 0.963. The third-order valence-corrected chi connectivity index (χ3v) is 2.56. The maximum Gasteiger partial charge on any atom is 0.492 e. The maximum atomic E-state index is 12.1. The summed E-state index contributed by atoms with van der Waals surface area (Å²) in [6.45, 7) is 4.66. The summed E-state index contributed by atoms with van der Waals surface area (Å²) in [5.41, 5.74) is -0.921. The second-order valence-electron chi connectivity index (χ2n) is 4.78. The van der Waals surface area contributed by atoms with E-state index in [4.69, 9.17) is 0 Å². The number of ketones is 1. The highest BCUT2D eigenvalue weighted by Gasteiger charge is 2.47. The van der Waals surface area contributed by atoms with Crippen LogP contribution in [-0.2, 0) is 14.4 Å². The number of nitrogens with zero attached hydrogens (tertiary/aromatic N) is 1. The molecule has 0 N–H and O–H groups in total. The first-order chi connectivity index (χ1) is 7.54. The highest BCUT2D eigenvalue weighted by atomic mass is 19.4. The fraction of sp³-hybridized carbons (Fsp3) is 0.800. The lowest BCUT2D eigenvalue weighted by Crippen LogP contribution is -2.56. The largest absolute Gasteiger partial charge is 0.492 e. The van der Waals surface area contributed by atoms with Crippen LogP contribution in [0.15, 0.2) is 0 Å². The molecule has 1 heterocycles. The summed E-state index contributed by atoms with van der Waals surface area (Å²) in [5.74, 6) is -2.31. The van der Waals surface area contributed by atoms with Crippen molar-refractivity contribution in [1.29, 1.82) is 0 Å². The number of alkyl halides is 3. The van der Waals surface area contributed by atoms with Crippen molar-refractivity contribution in [3.05, 3.63) is 0 Å². The van der Waals surface area contributed by atoms with Crippen LogP contribution >= 0.6 is 0 Å². The Balaban J connectivity index is 2.82. The lowest BCUT2D eigenvalue weighted by atomic mass is 9.88. The van der Waals surface area contributed by atoms with Crippen LogP contribution in [0.3, 0.4) is 0 Å². The molecule has 1 fully saturated rings. The van der Waals surface area contributed by atoms with E-state index in [2.05, 4.69) is 4.84 Å². The molecule has 0 aliphatic carbocycles. The number of carbonyl (C=O) groups is 2. The molecule has 0 amide bonds. The van der Waals surface area contributed by atoms with Crippen molar-refractivity contribution in [1.82, 2.24) is 5.06 Å². The van der Waals surface area contributed by atoms with Crippen LogP contribution in [0.4, 0.5) is 13.2 Å². The number of Topliss-reactive ketones (excluding diaryl/α,β-unsaturated/α-hetero) is 1. The third-order valence-electron chi connectivity index (χ3n) is 2.56.